The molecule has 0 aliphatic carbocycles. The predicted molar refractivity (Wildman–Crippen MR) is 119 cm³/mol. The summed E-state index contributed by atoms with van der Waals surface area (Å²) in [6.45, 7) is 13.0. The van der Waals surface area contributed by atoms with E-state index in [4.69, 9.17) is 9.47 Å². The molecule has 0 bridgehead atoms. The van der Waals surface area contributed by atoms with Gasteiger partial charge in [0.25, 0.3) is 0 Å². The van der Waals surface area contributed by atoms with Crippen LogP contribution in [0.4, 0.5) is 0 Å². The van der Waals surface area contributed by atoms with E-state index in [1.807, 2.05) is 34.6 Å². The number of carbonyl (C=O) groups excluding carboxylic acids is 1. The summed E-state index contributed by atoms with van der Waals surface area (Å²) in [7, 11) is 1.66. The van der Waals surface area contributed by atoms with Gasteiger partial charge in [0.15, 0.2) is 5.96 Å². The molecule has 0 spiro atoms. The Labute approximate surface area is 182 Å². The Balaban J connectivity index is 2.17. The fraction of sp³-hybridized carbons (Fsp3) is 0.524. The van der Waals surface area contributed by atoms with Crippen molar-refractivity contribution < 1.29 is 14.3 Å². The summed E-state index contributed by atoms with van der Waals surface area (Å²) in [5.74, 6) is 1.16. The Morgan fingerprint density at radius 2 is 2.03 bits per heavy atom. The molecule has 8 nitrogen and oxygen atoms in total. The summed E-state index contributed by atoms with van der Waals surface area (Å²) < 4.78 is 10.6. The molecule has 0 saturated heterocycles. The van der Waals surface area contributed by atoms with E-state index in [-0.39, 0.29) is 12.0 Å². The molecule has 2 N–H and O–H groups in total. The van der Waals surface area contributed by atoms with Crippen LogP contribution in [0.1, 0.15) is 64.0 Å². The monoisotopic (exact) mass is 433 g/mol. The number of pyridine rings is 1. The quantitative estimate of drug-likeness (QED) is 0.374. The van der Waals surface area contributed by atoms with Crippen molar-refractivity contribution in [2.24, 2.45) is 4.99 Å². The Morgan fingerprint density at radius 1 is 1.30 bits per heavy atom. The predicted octanol–water partition coefficient (Wildman–Crippen LogP) is 3.46. The fourth-order valence-electron chi connectivity index (χ4n) is 2.96. The average molecular weight is 434 g/mol. The topological polar surface area (TPSA) is 97.7 Å². The minimum Gasteiger partial charge on any atom is -0.496 e. The van der Waals surface area contributed by atoms with E-state index in [9.17, 15) is 4.79 Å². The highest BCUT2D eigenvalue weighted by atomic mass is 32.1. The third-order valence-corrected chi connectivity index (χ3v) is 5.80. The van der Waals surface area contributed by atoms with Crippen LogP contribution in [-0.4, -0.2) is 42.2 Å². The van der Waals surface area contributed by atoms with Crippen LogP contribution in [0.25, 0.3) is 0 Å². The van der Waals surface area contributed by atoms with E-state index < -0.39 is 0 Å². The molecule has 0 aromatic carbocycles. The number of nitrogens with one attached hydrogen (secondary N) is 2. The van der Waals surface area contributed by atoms with Crippen LogP contribution >= 0.6 is 11.3 Å². The van der Waals surface area contributed by atoms with Gasteiger partial charge in [0.05, 0.1) is 37.7 Å². The van der Waals surface area contributed by atoms with Crippen molar-refractivity contribution in [3.63, 3.8) is 0 Å². The van der Waals surface area contributed by atoms with Gasteiger partial charge in [0.1, 0.15) is 15.6 Å². The number of nitrogens with zero attached hydrogens (tertiary/aromatic N) is 3. The Morgan fingerprint density at radius 3 is 2.67 bits per heavy atom. The van der Waals surface area contributed by atoms with E-state index in [0.717, 1.165) is 27.6 Å². The van der Waals surface area contributed by atoms with E-state index in [1.54, 1.807) is 20.2 Å². The number of thiazole rings is 1. The van der Waals surface area contributed by atoms with Gasteiger partial charge in [-0.25, -0.2) is 14.8 Å². The Kier molecular flexibility index (Phi) is 8.58. The molecular weight excluding hydrogens is 402 g/mol. The van der Waals surface area contributed by atoms with Crippen molar-refractivity contribution in [1.82, 2.24) is 20.6 Å². The number of aliphatic imine (C=N–C) groups is 1. The summed E-state index contributed by atoms with van der Waals surface area (Å²) >= 11 is 1.34. The van der Waals surface area contributed by atoms with Gasteiger partial charge in [-0.3, -0.25) is 4.98 Å². The molecule has 0 saturated carbocycles. The second kappa shape index (κ2) is 10.9. The number of carbonyl (C=O) groups is 1. The zero-order valence-electron chi connectivity index (χ0n) is 18.8. The number of aromatic nitrogens is 2. The maximum absolute atomic E-state index is 12.1. The zero-order valence-corrected chi connectivity index (χ0v) is 19.6. The molecule has 2 aromatic heterocycles. The number of esters is 1. The van der Waals surface area contributed by atoms with Gasteiger partial charge in [-0.15, -0.1) is 11.3 Å². The number of rotatable bonds is 8. The molecule has 0 radical (unpaired) electrons. The lowest BCUT2D eigenvalue weighted by Crippen LogP contribution is -2.38. The minimum absolute atomic E-state index is 0.128. The Bertz CT molecular complexity index is 910. The second-order valence-corrected chi connectivity index (χ2v) is 7.83. The van der Waals surface area contributed by atoms with Crippen LogP contribution in [0.15, 0.2) is 11.2 Å². The SMILES string of the molecule is CCNC(=NCc1ncc(C)c(OC)c1C)NC(C)c1nc(C)c(C(=O)OCC)s1. The van der Waals surface area contributed by atoms with E-state index >= 15 is 0 Å². The first-order chi connectivity index (χ1) is 14.3. The maximum atomic E-state index is 12.1. The minimum atomic E-state index is -0.332. The maximum Gasteiger partial charge on any atom is 0.350 e. The van der Waals surface area contributed by atoms with Crippen molar-refractivity contribution in [3.05, 3.63) is 38.6 Å². The third-order valence-electron chi connectivity index (χ3n) is 4.48. The summed E-state index contributed by atoms with van der Waals surface area (Å²) in [6, 6.07) is -0.128. The number of hydrogen-bond acceptors (Lipinski definition) is 7. The number of aryl methyl sites for hydroxylation is 2. The highest BCUT2D eigenvalue weighted by Crippen LogP contribution is 2.25. The summed E-state index contributed by atoms with van der Waals surface area (Å²) in [4.78, 5) is 26.3. The lowest BCUT2D eigenvalue weighted by molar-refractivity contribution is 0.0531. The highest BCUT2D eigenvalue weighted by Gasteiger charge is 2.20. The van der Waals surface area contributed by atoms with Gasteiger partial charge in [0.2, 0.25) is 0 Å². The molecule has 30 heavy (non-hydrogen) atoms. The first-order valence-electron chi connectivity index (χ1n) is 10.0. The first-order valence-corrected chi connectivity index (χ1v) is 10.8. The van der Waals surface area contributed by atoms with Gasteiger partial charge in [-0.1, -0.05) is 0 Å². The van der Waals surface area contributed by atoms with E-state index in [0.29, 0.717) is 36.2 Å². The average Bonchev–Trinajstić information content (AvgIpc) is 3.10. The van der Waals surface area contributed by atoms with Crippen LogP contribution in [0, 0.1) is 20.8 Å². The van der Waals surface area contributed by atoms with Crippen LogP contribution in [0.5, 0.6) is 5.75 Å². The molecule has 1 unspecified atom stereocenters. The fourth-order valence-corrected chi connectivity index (χ4v) is 3.92. The van der Waals surface area contributed by atoms with Gasteiger partial charge < -0.3 is 20.1 Å². The largest absolute Gasteiger partial charge is 0.496 e. The van der Waals surface area contributed by atoms with E-state index in [1.165, 1.54) is 11.3 Å². The second-order valence-electron chi connectivity index (χ2n) is 6.79. The molecule has 0 amide bonds. The first kappa shape index (κ1) is 23.6. The van der Waals surface area contributed by atoms with Crippen molar-refractivity contribution in [2.75, 3.05) is 20.3 Å². The number of guanidine groups is 1. The highest BCUT2D eigenvalue weighted by molar-refractivity contribution is 7.13. The normalized spacial score (nSPS) is 12.4. The van der Waals surface area contributed by atoms with Crippen molar-refractivity contribution in [1.29, 1.82) is 0 Å². The molecule has 0 aliphatic rings. The molecule has 2 heterocycles. The van der Waals surface area contributed by atoms with Crippen LogP contribution in [-0.2, 0) is 11.3 Å². The summed E-state index contributed by atoms with van der Waals surface area (Å²) in [5.41, 5.74) is 3.52. The molecule has 9 heteroatoms. The van der Waals surface area contributed by atoms with Gasteiger partial charge in [-0.05, 0) is 41.5 Å². The number of hydrogen-bond donors (Lipinski definition) is 2. The standard InChI is InChI=1S/C21H31N5O3S/c1-8-22-21(24-11-16-13(4)17(28-7)12(3)10-23-16)26-15(6)19-25-14(5)18(30-19)20(27)29-9-2/h10,15H,8-9,11H2,1-7H3,(H2,22,24,26). The summed E-state index contributed by atoms with van der Waals surface area (Å²) in [6.07, 6.45) is 1.80. The summed E-state index contributed by atoms with van der Waals surface area (Å²) in [5, 5.41) is 7.39. The van der Waals surface area contributed by atoms with Crippen molar-refractivity contribution in [3.8, 4) is 5.75 Å². The van der Waals surface area contributed by atoms with Crippen LogP contribution in [0.2, 0.25) is 0 Å². The number of methoxy groups -OCH3 is 1. The number of ether oxygens (including phenoxy) is 2. The third kappa shape index (κ3) is 5.69. The van der Waals surface area contributed by atoms with Crippen LogP contribution in [0.3, 0.4) is 0 Å². The van der Waals surface area contributed by atoms with E-state index in [2.05, 4.69) is 25.6 Å². The molecule has 2 aromatic rings. The molecular formula is C21H31N5O3S. The molecule has 1 atom stereocenters. The van der Waals surface area contributed by atoms with Gasteiger partial charge in [-0.2, -0.15) is 0 Å². The molecule has 164 valence electrons. The van der Waals surface area contributed by atoms with Crippen LogP contribution < -0.4 is 15.4 Å². The molecule has 0 fully saturated rings. The zero-order chi connectivity index (χ0) is 22.3. The van der Waals surface area contributed by atoms with Gasteiger partial charge >= 0.3 is 5.97 Å². The molecule has 2 rings (SSSR count). The lowest BCUT2D eigenvalue weighted by Gasteiger charge is -2.16. The van der Waals surface area contributed by atoms with Crippen molar-refractivity contribution in [2.45, 2.75) is 54.1 Å². The lowest BCUT2D eigenvalue weighted by atomic mass is 10.1. The molecule has 0 aliphatic heterocycles. The Hall–Kier alpha value is -2.68. The van der Waals surface area contributed by atoms with Gasteiger partial charge in [0, 0.05) is 23.9 Å². The smallest absolute Gasteiger partial charge is 0.350 e. The van der Waals surface area contributed by atoms with Crippen molar-refractivity contribution >= 4 is 23.3 Å².